The van der Waals surface area contributed by atoms with Crippen molar-refractivity contribution in [2.45, 2.75) is 69.2 Å². The predicted molar refractivity (Wildman–Crippen MR) is 408 cm³/mol. The van der Waals surface area contributed by atoms with Crippen LogP contribution in [0.15, 0.2) is 251 Å². The summed E-state index contributed by atoms with van der Waals surface area (Å²) in [6, 6.07) is 56.3. The van der Waals surface area contributed by atoms with Crippen LogP contribution in [0, 0.1) is 91.2 Å². The average Bonchev–Trinajstić information content (AvgIpc) is 1.60. The van der Waals surface area contributed by atoms with Crippen LogP contribution < -0.4 is 49.6 Å². The van der Waals surface area contributed by atoms with E-state index in [1.165, 1.54) is 24.3 Å². The van der Waals surface area contributed by atoms with Gasteiger partial charge < -0.3 is 47.2 Å². The number of ether oxygens (including phenoxy) is 6. The minimum Gasteiger partial charge on any atom is -0.626 e. The van der Waals surface area contributed by atoms with Crippen LogP contribution in [0.2, 0.25) is 0 Å². The van der Waals surface area contributed by atoms with Crippen molar-refractivity contribution in [1.82, 2.24) is 9.97 Å². The van der Waals surface area contributed by atoms with Crippen LogP contribution in [0.25, 0.3) is 42.8 Å². The maximum Gasteiger partial charge on any atom is 2.00 e. The van der Waals surface area contributed by atoms with Crippen molar-refractivity contribution in [2.75, 3.05) is 0 Å². The summed E-state index contributed by atoms with van der Waals surface area (Å²) in [6.45, 7) is 34.1. The summed E-state index contributed by atoms with van der Waals surface area (Å²) in [7, 11) is 0. The standard InChI is InChI=1S/2C44H32N4O6.Zn/c1-24-19-25(2)38(26(3)20-24)40(41-27(4)21-36(47-41)51-32-16-11-31(46-6)12-17-32)42-28(5)39(43(48-42)52-33-13-7-29(23-45)8-14-33)44(50)53-34-15-9-30-10-18-37(49)54-35(30)22-34;1-24-19-25(2)38(26(3)20-24)40(41-27(4)21-36(47-41)51-32-13-7-29(23-45)8-14-32)42-28(5)39(43(48-42)52-33-16-11-31(46-6)12-17-33)44(50)53-34-15-9-30-10-18-37(49)54-35(30)22-34;/h2*7-22H,1-5H3,(H,47,48,50);/q;;+2/p-2. The van der Waals surface area contributed by atoms with E-state index in [0.717, 1.165) is 55.6 Å². The number of carbonyl (C=O) groups excluding carboxylic acids is 2. The molecular formula is C88H62N8O12Zn. The summed E-state index contributed by atoms with van der Waals surface area (Å²) in [5.41, 5.74) is 15.3. The number of hydrogen-bond donors (Lipinski definition) is 0. The quantitative estimate of drug-likeness (QED) is 0.0322. The van der Waals surface area contributed by atoms with Crippen molar-refractivity contribution < 1.29 is 66.3 Å². The molecule has 0 amide bonds. The second-order valence-corrected chi connectivity index (χ2v) is 25.7. The zero-order valence-electron chi connectivity index (χ0n) is 60.7. The zero-order valence-corrected chi connectivity index (χ0v) is 63.6. The van der Waals surface area contributed by atoms with E-state index in [2.05, 4.69) is 46.1 Å². The molecule has 14 rings (SSSR count). The Labute approximate surface area is 638 Å². The molecule has 6 heterocycles. The van der Waals surface area contributed by atoms with Gasteiger partial charge in [-0.2, -0.15) is 10.5 Å². The maximum absolute atomic E-state index is 14.2. The third-order valence-electron chi connectivity index (χ3n) is 17.8. The molecule has 0 radical (unpaired) electrons. The molecule has 0 saturated carbocycles. The van der Waals surface area contributed by atoms with E-state index in [-0.39, 0.29) is 65.1 Å². The molecule has 21 heteroatoms. The molecule has 8 aromatic carbocycles. The van der Waals surface area contributed by atoms with Crippen molar-refractivity contribution in [3.05, 3.63) is 350 Å². The summed E-state index contributed by atoms with van der Waals surface area (Å²) in [5.74, 6) is 1.24. The second-order valence-electron chi connectivity index (χ2n) is 25.7. The second kappa shape index (κ2) is 31.6. The van der Waals surface area contributed by atoms with Crippen LogP contribution in [0.5, 0.6) is 46.3 Å². The minimum atomic E-state index is -0.747. The number of carbonyl (C=O) groups is 2. The fraction of sp³-hybridized carbons (Fsp3) is 0.114. The topological polar surface area (TPSA) is 259 Å². The third kappa shape index (κ3) is 16.1. The number of fused-ring (bicyclic) bond motifs is 2. The Hall–Kier alpha value is -14.2. The van der Waals surface area contributed by atoms with Gasteiger partial charge in [-0.1, -0.05) is 65.2 Å². The largest absolute Gasteiger partial charge is 2.00 e. The molecule has 0 bridgehead atoms. The summed E-state index contributed by atoms with van der Waals surface area (Å²) in [4.78, 5) is 79.0. The fourth-order valence-electron chi connectivity index (χ4n) is 12.9. The molecule has 0 aliphatic carbocycles. The molecule has 0 unspecified atom stereocenters. The zero-order chi connectivity index (χ0) is 76.2. The molecule has 0 N–H and O–H groups in total. The van der Waals surface area contributed by atoms with Crippen molar-refractivity contribution in [1.29, 1.82) is 10.5 Å². The van der Waals surface area contributed by atoms with E-state index in [1.54, 1.807) is 147 Å². The van der Waals surface area contributed by atoms with Gasteiger partial charge in [0.2, 0.25) is 11.8 Å². The van der Waals surface area contributed by atoms with Gasteiger partial charge in [-0.3, -0.25) is 0 Å². The summed E-state index contributed by atoms with van der Waals surface area (Å²) in [5, 5.41) is 19.9. The Kier molecular flexibility index (Phi) is 21.6. The Bertz CT molecular complexity index is 6190. The number of rotatable bonds is 14. The number of aliphatic imine (C=N–C) groups is 2. The summed E-state index contributed by atoms with van der Waals surface area (Å²) < 4.78 is 47.3. The Morgan fingerprint density at radius 3 is 1.39 bits per heavy atom. The van der Waals surface area contributed by atoms with Crippen LogP contribution in [0.4, 0.5) is 11.4 Å². The smallest absolute Gasteiger partial charge is 0.626 e. The Morgan fingerprint density at radius 1 is 0.459 bits per heavy atom. The number of allylic oxidation sites excluding steroid dienone is 2. The number of nitriles is 2. The number of hydrogen-bond acceptors (Lipinski definition) is 16. The number of aromatic nitrogens is 2. The van der Waals surface area contributed by atoms with Crippen LogP contribution in [-0.4, -0.2) is 23.7 Å². The minimum absolute atomic E-state index is 0. The number of esters is 2. The van der Waals surface area contributed by atoms with Gasteiger partial charge in [-0.15, -0.1) is 11.4 Å². The molecular weight excluding hydrogens is 1430 g/mol. The molecule has 2 aliphatic rings. The number of benzene rings is 8. The average molecular weight is 1490 g/mol. The van der Waals surface area contributed by atoms with Crippen molar-refractivity contribution in [3.8, 4) is 58.4 Å². The molecule has 12 aromatic rings. The Balaban J connectivity index is 0.000000201. The number of aryl methyl sites for hydroxylation is 7. The van der Waals surface area contributed by atoms with Crippen LogP contribution in [-0.2, 0) is 24.3 Å². The molecule has 20 nitrogen and oxygen atoms in total. The normalized spacial score (nSPS) is 13.1. The van der Waals surface area contributed by atoms with E-state index in [0.29, 0.717) is 113 Å². The molecule has 2 aliphatic heterocycles. The molecule has 0 atom stereocenters. The summed E-state index contributed by atoms with van der Waals surface area (Å²) >= 11 is 0. The molecule has 0 spiro atoms. The van der Waals surface area contributed by atoms with Crippen molar-refractivity contribution in [3.63, 3.8) is 0 Å². The first-order valence-electron chi connectivity index (χ1n) is 33.8. The SMILES string of the molecule is [C-]#[N+]c1ccc(Oc2[n-]c(/C(=C3\N=C(Oc4ccc(C#N)cc4)C=C3C)c3c(C)cc(C)cc3C)c(C)c2C(=O)Oc2ccc3ccc(=O)oc3c2)cc1.[C-]#[N+]c1ccc(Oc2cc(C)c(/C(=C3\N=C(Oc4ccc(C#N)cc4)C(C(=O)Oc4ccc5ccc(=O)oc5c4)=C3C)c3c(C)cc(C)cc3C)[n-]2)cc1.[Zn+2]. The van der Waals surface area contributed by atoms with Crippen molar-refractivity contribution in [2.24, 2.45) is 9.98 Å². The molecule has 0 fully saturated rings. The van der Waals surface area contributed by atoms with Crippen molar-refractivity contribution >= 4 is 68.2 Å². The first-order valence-corrected chi connectivity index (χ1v) is 33.8. The van der Waals surface area contributed by atoms with Gasteiger partial charge >= 0.3 is 42.7 Å². The first-order chi connectivity index (χ1) is 52.0. The van der Waals surface area contributed by atoms with Gasteiger partial charge in [0, 0.05) is 52.9 Å². The Morgan fingerprint density at radius 2 is 0.899 bits per heavy atom. The van der Waals surface area contributed by atoms with Gasteiger partial charge in [-0.25, -0.2) is 38.9 Å². The van der Waals surface area contributed by atoms with Gasteiger partial charge in [-0.05, 0) is 246 Å². The van der Waals surface area contributed by atoms with Crippen LogP contribution >= 0.6 is 0 Å². The first kappa shape index (κ1) is 74.5. The van der Waals surface area contributed by atoms with Gasteiger partial charge in [0.05, 0.1) is 53.4 Å². The van der Waals surface area contributed by atoms with E-state index < -0.39 is 23.2 Å². The van der Waals surface area contributed by atoms with Crippen LogP contribution in [0.3, 0.4) is 0 Å². The van der Waals surface area contributed by atoms with E-state index in [1.807, 2.05) is 67.5 Å². The molecule has 4 aromatic heterocycles. The van der Waals surface area contributed by atoms with E-state index >= 15 is 0 Å². The number of nitrogens with zero attached hydrogens (tertiary/aromatic N) is 8. The molecule has 528 valence electrons. The third-order valence-corrected chi connectivity index (χ3v) is 17.8. The molecule has 109 heavy (non-hydrogen) atoms. The predicted octanol–water partition coefficient (Wildman–Crippen LogP) is 19.0. The van der Waals surface area contributed by atoms with Gasteiger partial charge in [0.1, 0.15) is 51.2 Å². The fourth-order valence-corrected chi connectivity index (χ4v) is 12.9. The van der Waals surface area contributed by atoms with Crippen LogP contribution in [0.1, 0.15) is 102 Å². The summed E-state index contributed by atoms with van der Waals surface area (Å²) in [6.07, 6.45) is 1.83. The van der Waals surface area contributed by atoms with Gasteiger partial charge in [0.25, 0.3) is 0 Å². The monoisotopic (exact) mass is 1490 g/mol. The van der Waals surface area contributed by atoms with Gasteiger partial charge in [0.15, 0.2) is 11.4 Å². The van der Waals surface area contributed by atoms with E-state index in [4.69, 9.17) is 70.4 Å². The van der Waals surface area contributed by atoms with E-state index in [9.17, 15) is 29.7 Å². The molecule has 0 saturated heterocycles. The maximum atomic E-state index is 14.2.